The Morgan fingerprint density at radius 1 is 1.50 bits per heavy atom. The van der Waals surface area contributed by atoms with Crippen LogP contribution < -0.4 is 5.73 Å². The third-order valence-electron chi connectivity index (χ3n) is 4.20. The molecule has 2 saturated carbocycles. The van der Waals surface area contributed by atoms with Gasteiger partial charge in [-0.2, -0.15) is 0 Å². The maximum absolute atomic E-state index is 12.6. The quantitative estimate of drug-likeness (QED) is 0.771. The van der Waals surface area contributed by atoms with E-state index < -0.39 is 5.54 Å². The van der Waals surface area contributed by atoms with E-state index in [1.165, 1.54) is 19.3 Å². The van der Waals surface area contributed by atoms with Crippen molar-refractivity contribution in [1.82, 2.24) is 4.90 Å². The number of hydrogen-bond acceptors (Lipinski definition) is 2. The Labute approximate surface area is 110 Å². The molecule has 3 nitrogen and oxygen atoms in total. The van der Waals surface area contributed by atoms with Crippen LogP contribution in [-0.4, -0.2) is 29.4 Å². The summed E-state index contributed by atoms with van der Waals surface area (Å²) in [6, 6.07) is 0. The first-order valence-electron chi connectivity index (χ1n) is 7.07. The number of carbonyl (C=O) groups excluding carboxylic acids is 1. The van der Waals surface area contributed by atoms with Gasteiger partial charge in [0.1, 0.15) is 0 Å². The zero-order valence-electron chi connectivity index (χ0n) is 11.3. The Balaban J connectivity index is 2.03. The van der Waals surface area contributed by atoms with Gasteiger partial charge in [0.25, 0.3) is 0 Å². The van der Waals surface area contributed by atoms with Crippen molar-refractivity contribution in [3.8, 4) is 12.3 Å². The van der Waals surface area contributed by atoms with Crippen molar-refractivity contribution in [1.29, 1.82) is 0 Å². The highest BCUT2D eigenvalue weighted by atomic mass is 16.2. The fraction of sp³-hybridized carbons (Fsp3) is 0.800. The monoisotopic (exact) mass is 248 g/mol. The molecule has 0 spiro atoms. The number of carbonyl (C=O) groups is 1. The first-order valence-corrected chi connectivity index (χ1v) is 7.07. The molecule has 2 N–H and O–H groups in total. The van der Waals surface area contributed by atoms with Gasteiger partial charge in [0, 0.05) is 6.54 Å². The van der Waals surface area contributed by atoms with Crippen LogP contribution in [0.5, 0.6) is 0 Å². The second-order valence-electron chi connectivity index (χ2n) is 6.19. The lowest BCUT2D eigenvalue weighted by Crippen LogP contribution is -2.57. The highest BCUT2D eigenvalue weighted by Gasteiger charge is 2.41. The molecule has 100 valence electrons. The van der Waals surface area contributed by atoms with Crippen molar-refractivity contribution >= 4 is 5.91 Å². The molecule has 3 heteroatoms. The zero-order valence-corrected chi connectivity index (χ0v) is 11.3. The molecule has 2 fully saturated rings. The predicted molar refractivity (Wildman–Crippen MR) is 72.7 cm³/mol. The molecule has 2 aliphatic rings. The molecule has 2 rings (SSSR count). The van der Waals surface area contributed by atoms with E-state index in [2.05, 4.69) is 12.8 Å². The highest BCUT2D eigenvalue weighted by molar-refractivity contribution is 5.86. The van der Waals surface area contributed by atoms with E-state index in [9.17, 15) is 4.79 Å². The van der Waals surface area contributed by atoms with Crippen molar-refractivity contribution in [2.45, 2.75) is 51.0 Å². The Morgan fingerprint density at radius 3 is 2.78 bits per heavy atom. The lowest BCUT2D eigenvalue weighted by Gasteiger charge is -2.38. The van der Waals surface area contributed by atoms with Crippen molar-refractivity contribution in [2.24, 2.45) is 17.6 Å². The fourth-order valence-corrected chi connectivity index (χ4v) is 3.04. The Kier molecular flexibility index (Phi) is 3.97. The molecule has 0 aliphatic heterocycles. The average Bonchev–Trinajstić information content (AvgIpc) is 3.11. The van der Waals surface area contributed by atoms with Gasteiger partial charge in [0.05, 0.1) is 12.1 Å². The third-order valence-corrected chi connectivity index (χ3v) is 4.20. The highest BCUT2D eigenvalue weighted by Crippen LogP contribution is 2.34. The first-order chi connectivity index (χ1) is 8.55. The summed E-state index contributed by atoms with van der Waals surface area (Å²) >= 11 is 0. The summed E-state index contributed by atoms with van der Waals surface area (Å²) in [5.74, 6) is 3.88. The average molecular weight is 248 g/mol. The van der Waals surface area contributed by atoms with E-state index >= 15 is 0 Å². The molecule has 0 aromatic rings. The second-order valence-corrected chi connectivity index (χ2v) is 6.19. The van der Waals surface area contributed by atoms with Crippen LogP contribution in [0.2, 0.25) is 0 Å². The molecule has 0 radical (unpaired) electrons. The van der Waals surface area contributed by atoms with E-state index in [0.717, 1.165) is 25.8 Å². The van der Waals surface area contributed by atoms with Gasteiger partial charge in [-0.3, -0.25) is 4.79 Å². The molecule has 0 aromatic heterocycles. The maximum Gasteiger partial charge on any atom is 0.243 e. The van der Waals surface area contributed by atoms with Gasteiger partial charge in [-0.1, -0.05) is 25.7 Å². The number of nitrogens with zero attached hydrogens (tertiary/aromatic N) is 1. The van der Waals surface area contributed by atoms with Crippen molar-refractivity contribution in [2.75, 3.05) is 13.1 Å². The first kappa shape index (κ1) is 13.4. The standard InChI is InChI=1S/C15H24N2O/c1-3-9-17(11-13-6-7-13)14(18)15(16)8-4-5-12(2)10-15/h1,12-13H,4-11,16H2,2H3. The topological polar surface area (TPSA) is 46.3 Å². The van der Waals surface area contributed by atoms with E-state index in [1.54, 1.807) is 0 Å². The van der Waals surface area contributed by atoms with Crippen molar-refractivity contribution in [3.05, 3.63) is 0 Å². The molecule has 0 saturated heterocycles. The summed E-state index contributed by atoms with van der Waals surface area (Å²) in [5, 5.41) is 0. The normalized spacial score (nSPS) is 31.7. The van der Waals surface area contributed by atoms with Crippen LogP contribution in [0.1, 0.15) is 45.4 Å². The minimum Gasteiger partial charge on any atom is -0.330 e. The Hall–Kier alpha value is -1.01. The molecule has 2 atom stereocenters. The van der Waals surface area contributed by atoms with Gasteiger partial charge < -0.3 is 10.6 Å². The van der Waals surface area contributed by atoms with E-state index in [-0.39, 0.29) is 5.91 Å². The van der Waals surface area contributed by atoms with Gasteiger partial charge >= 0.3 is 0 Å². The van der Waals surface area contributed by atoms with Crippen LogP contribution in [0.25, 0.3) is 0 Å². The van der Waals surface area contributed by atoms with Crippen LogP contribution in [0.3, 0.4) is 0 Å². The SMILES string of the molecule is C#CCN(CC1CC1)C(=O)C1(N)CCCC(C)C1. The summed E-state index contributed by atoms with van der Waals surface area (Å²) in [7, 11) is 0. The molecule has 2 aliphatic carbocycles. The van der Waals surface area contributed by atoms with Crippen LogP contribution in [-0.2, 0) is 4.79 Å². The Bertz CT molecular complexity index is 356. The molecule has 0 bridgehead atoms. The fourth-order valence-electron chi connectivity index (χ4n) is 3.04. The van der Waals surface area contributed by atoms with Crippen molar-refractivity contribution < 1.29 is 4.79 Å². The second kappa shape index (κ2) is 5.32. The minimum absolute atomic E-state index is 0.0823. The molecule has 0 aromatic carbocycles. The molecule has 0 heterocycles. The maximum atomic E-state index is 12.6. The Morgan fingerprint density at radius 2 is 2.22 bits per heavy atom. The molecule has 18 heavy (non-hydrogen) atoms. The van der Waals surface area contributed by atoms with E-state index in [1.807, 2.05) is 4.90 Å². The van der Waals surface area contributed by atoms with Crippen molar-refractivity contribution in [3.63, 3.8) is 0 Å². The molecule has 2 unspecified atom stereocenters. The minimum atomic E-state index is -0.663. The smallest absolute Gasteiger partial charge is 0.243 e. The van der Waals surface area contributed by atoms with Gasteiger partial charge in [0.15, 0.2) is 0 Å². The van der Waals surface area contributed by atoms with E-state index in [0.29, 0.717) is 18.4 Å². The zero-order chi connectivity index (χ0) is 13.2. The summed E-state index contributed by atoms with van der Waals surface area (Å²) in [6.07, 6.45) is 11.7. The molecular weight excluding hydrogens is 224 g/mol. The van der Waals surface area contributed by atoms with Gasteiger partial charge in [-0.15, -0.1) is 6.42 Å². The van der Waals surface area contributed by atoms with Crippen LogP contribution in [0.4, 0.5) is 0 Å². The predicted octanol–water partition coefficient (Wildman–Crippen LogP) is 1.77. The molecule has 1 amide bonds. The van der Waals surface area contributed by atoms with Gasteiger partial charge in [-0.25, -0.2) is 0 Å². The van der Waals surface area contributed by atoms with Crippen LogP contribution in [0, 0.1) is 24.2 Å². The number of rotatable bonds is 4. The summed E-state index contributed by atoms with van der Waals surface area (Å²) < 4.78 is 0. The third kappa shape index (κ3) is 3.05. The largest absolute Gasteiger partial charge is 0.330 e. The van der Waals surface area contributed by atoms with Gasteiger partial charge in [-0.05, 0) is 37.5 Å². The van der Waals surface area contributed by atoms with Crippen LogP contribution >= 0.6 is 0 Å². The number of terminal acetylenes is 1. The van der Waals surface area contributed by atoms with Crippen LogP contribution in [0.15, 0.2) is 0 Å². The number of nitrogens with two attached hydrogens (primary N) is 1. The summed E-state index contributed by atoms with van der Waals surface area (Å²) in [6.45, 7) is 3.39. The van der Waals surface area contributed by atoms with Gasteiger partial charge in [0.2, 0.25) is 5.91 Å². The van der Waals surface area contributed by atoms with E-state index in [4.69, 9.17) is 12.2 Å². The molecular formula is C15H24N2O. The number of hydrogen-bond donors (Lipinski definition) is 1. The summed E-state index contributed by atoms with van der Waals surface area (Å²) in [4.78, 5) is 14.4. The number of amides is 1. The lowest BCUT2D eigenvalue weighted by atomic mass is 9.76. The summed E-state index contributed by atoms with van der Waals surface area (Å²) in [5.41, 5.74) is 5.70. The lowest BCUT2D eigenvalue weighted by molar-refractivity contribution is -0.138.